The minimum absolute atomic E-state index is 0. The molecule has 0 fully saturated rings. The van der Waals surface area contributed by atoms with E-state index in [1.165, 1.54) is 14.0 Å². The third-order valence-corrected chi connectivity index (χ3v) is 5.32. The van der Waals surface area contributed by atoms with Crippen LogP contribution in [-0.4, -0.2) is 68.0 Å². The molecular weight excluding hydrogens is 504 g/mol. The van der Waals surface area contributed by atoms with Gasteiger partial charge in [-0.25, -0.2) is 4.79 Å². The Morgan fingerprint density at radius 3 is 2.46 bits per heavy atom. The quantitative estimate of drug-likeness (QED) is 0.107. The van der Waals surface area contributed by atoms with E-state index in [0.29, 0.717) is 12.2 Å². The van der Waals surface area contributed by atoms with Crippen molar-refractivity contribution in [1.82, 2.24) is 16.0 Å². The first-order chi connectivity index (χ1) is 17.2. The number of hydrogen-bond donors (Lipinski definition) is 5. The summed E-state index contributed by atoms with van der Waals surface area (Å²) in [6, 6.07) is 4.20. The SMILES string of the molecule is COC(=O)[C@@H]1C/C=C\COc2ccc(cc2)C[C@@H](NC(C)=O)C(=O)N[C@@H](CCCN=C(N)N)C(=O)N1.Cl. The molecule has 0 saturated carbocycles. The number of fused-ring (bicyclic) bond motifs is 13. The van der Waals surface area contributed by atoms with Crippen LogP contribution in [0.15, 0.2) is 41.4 Å². The Morgan fingerprint density at radius 1 is 1.14 bits per heavy atom. The van der Waals surface area contributed by atoms with Gasteiger partial charge in [0.15, 0.2) is 5.96 Å². The second-order valence-electron chi connectivity index (χ2n) is 8.21. The molecule has 3 amide bonds. The average molecular weight is 539 g/mol. The Labute approximate surface area is 222 Å². The van der Waals surface area contributed by atoms with Crippen molar-refractivity contribution < 1.29 is 28.7 Å². The summed E-state index contributed by atoms with van der Waals surface area (Å²) in [7, 11) is 1.22. The lowest BCUT2D eigenvalue weighted by atomic mass is 10.0. The van der Waals surface area contributed by atoms with Gasteiger partial charge in [0.2, 0.25) is 17.7 Å². The van der Waals surface area contributed by atoms with Gasteiger partial charge < -0.3 is 36.9 Å². The third-order valence-electron chi connectivity index (χ3n) is 5.32. The molecule has 2 aliphatic heterocycles. The summed E-state index contributed by atoms with van der Waals surface area (Å²) in [5.41, 5.74) is 11.5. The molecule has 1 aromatic carbocycles. The molecule has 7 N–H and O–H groups in total. The van der Waals surface area contributed by atoms with Crippen molar-refractivity contribution in [3.8, 4) is 5.75 Å². The monoisotopic (exact) mass is 538 g/mol. The smallest absolute Gasteiger partial charge is 0.328 e. The maximum absolute atomic E-state index is 13.2. The van der Waals surface area contributed by atoms with Crippen molar-refractivity contribution in [2.45, 2.75) is 50.7 Å². The number of nitrogens with zero attached hydrogens (tertiary/aromatic N) is 1. The maximum Gasteiger partial charge on any atom is 0.328 e. The van der Waals surface area contributed by atoms with Gasteiger partial charge in [0.05, 0.1) is 7.11 Å². The Kier molecular flexibility index (Phi) is 13.5. The maximum atomic E-state index is 13.2. The van der Waals surface area contributed by atoms with Crippen LogP contribution in [0.1, 0.15) is 31.7 Å². The number of nitrogens with two attached hydrogens (primary N) is 2. The van der Waals surface area contributed by atoms with Crippen LogP contribution in [-0.2, 0) is 30.3 Å². The van der Waals surface area contributed by atoms with E-state index in [1.54, 1.807) is 36.4 Å². The van der Waals surface area contributed by atoms with Gasteiger partial charge in [0, 0.05) is 19.9 Å². The highest BCUT2D eigenvalue weighted by Gasteiger charge is 2.29. The van der Waals surface area contributed by atoms with Crippen molar-refractivity contribution >= 4 is 42.1 Å². The molecule has 1 aromatic rings. The van der Waals surface area contributed by atoms with Crippen LogP contribution >= 0.6 is 12.4 Å². The Hall–Kier alpha value is -3.80. The Bertz CT molecular complexity index is 980. The number of hydrogen-bond acceptors (Lipinski definition) is 7. The summed E-state index contributed by atoms with van der Waals surface area (Å²) in [5.74, 6) is -1.63. The van der Waals surface area contributed by atoms with E-state index in [4.69, 9.17) is 20.9 Å². The lowest BCUT2D eigenvalue weighted by molar-refractivity contribution is -0.145. The average Bonchev–Trinajstić information content (AvgIpc) is 2.84. The largest absolute Gasteiger partial charge is 0.490 e. The molecule has 37 heavy (non-hydrogen) atoms. The normalized spacial score (nSPS) is 21.1. The summed E-state index contributed by atoms with van der Waals surface area (Å²) in [4.78, 5) is 54.3. The number of rotatable bonds is 6. The van der Waals surface area contributed by atoms with Crippen molar-refractivity contribution in [1.29, 1.82) is 0 Å². The molecule has 2 heterocycles. The van der Waals surface area contributed by atoms with Crippen molar-refractivity contribution in [2.75, 3.05) is 20.3 Å². The van der Waals surface area contributed by atoms with Crippen LogP contribution in [0.4, 0.5) is 0 Å². The molecule has 13 heteroatoms. The van der Waals surface area contributed by atoms with Crippen LogP contribution in [0.2, 0.25) is 0 Å². The first kappa shape index (κ1) is 31.2. The van der Waals surface area contributed by atoms with E-state index in [9.17, 15) is 19.2 Å². The first-order valence-electron chi connectivity index (χ1n) is 11.6. The topological polar surface area (TPSA) is 187 Å². The number of carbonyl (C=O) groups excluding carboxylic acids is 4. The molecule has 0 aromatic heterocycles. The van der Waals surface area contributed by atoms with E-state index in [0.717, 1.165) is 5.56 Å². The first-order valence-corrected chi connectivity index (χ1v) is 11.6. The van der Waals surface area contributed by atoms with Gasteiger partial charge in [-0.3, -0.25) is 19.4 Å². The van der Waals surface area contributed by atoms with Crippen LogP contribution in [0, 0.1) is 0 Å². The highest BCUT2D eigenvalue weighted by molar-refractivity contribution is 5.93. The van der Waals surface area contributed by atoms with Gasteiger partial charge in [0.25, 0.3) is 0 Å². The number of carbonyl (C=O) groups is 4. The number of aliphatic imine (C=N–C) groups is 1. The zero-order valence-corrected chi connectivity index (χ0v) is 21.7. The number of nitrogens with one attached hydrogen (secondary N) is 3. The second-order valence-corrected chi connectivity index (χ2v) is 8.21. The molecule has 0 aliphatic carbocycles. The van der Waals surface area contributed by atoms with E-state index >= 15 is 0 Å². The zero-order chi connectivity index (χ0) is 26.5. The number of amides is 3. The third kappa shape index (κ3) is 11.2. The molecule has 0 unspecified atom stereocenters. The summed E-state index contributed by atoms with van der Waals surface area (Å²) in [5, 5.41) is 7.97. The fourth-order valence-corrected chi connectivity index (χ4v) is 3.53. The highest BCUT2D eigenvalue weighted by Crippen LogP contribution is 2.14. The van der Waals surface area contributed by atoms with E-state index < -0.39 is 41.8 Å². The van der Waals surface area contributed by atoms with E-state index in [2.05, 4.69) is 20.9 Å². The molecule has 0 radical (unpaired) electrons. The summed E-state index contributed by atoms with van der Waals surface area (Å²) in [6.07, 6.45) is 4.35. The van der Waals surface area contributed by atoms with Crippen molar-refractivity contribution in [3.05, 3.63) is 42.0 Å². The van der Waals surface area contributed by atoms with Gasteiger partial charge >= 0.3 is 5.97 Å². The number of halogens is 1. The molecule has 2 bridgehead atoms. The zero-order valence-electron chi connectivity index (χ0n) is 20.9. The fourth-order valence-electron chi connectivity index (χ4n) is 3.53. The molecule has 3 rings (SSSR count). The van der Waals surface area contributed by atoms with Gasteiger partial charge in [-0.1, -0.05) is 24.3 Å². The number of esters is 1. The summed E-state index contributed by atoms with van der Waals surface area (Å²) >= 11 is 0. The summed E-state index contributed by atoms with van der Waals surface area (Å²) in [6.45, 7) is 1.80. The Morgan fingerprint density at radius 2 is 1.84 bits per heavy atom. The molecule has 2 aliphatic rings. The predicted molar refractivity (Wildman–Crippen MR) is 140 cm³/mol. The number of benzene rings is 1. The van der Waals surface area contributed by atoms with E-state index in [1.807, 2.05) is 0 Å². The van der Waals surface area contributed by atoms with Gasteiger partial charge in [0.1, 0.15) is 30.5 Å². The number of ether oxygens (including phenoxy) is 2. The number of guanidine groups is 1. The molecule has 0 spiro atoms. The lowest BCUT2D eigenvalue weighted by Crippen LogP contribution is -2.56. The second kappa shape index (κ2) is 16.0. The van der Waals surface area contributed by atoms with Crippen molar-refractivity contribution in [2.24, 2.45) is 16.5 Å². The molecule has 204 valence electrons. The van der Waals surface area contributed by atoms with Crippen LogP contribution in [0.5, 0.6) is 5.75 Å². The fraction of sp³-hybridized carbons (Fsp3) is 0.458. The molecular formula is C24H35ClN6O6. The minimum Gasteiger partial charge on any atom is -0.490 e. The highest BCUT2D eigenvalue weighted by atomic mass is 35.5. The predicted octanol–water partition coefficient (Wildman–Crippen LogP) is -0.309. The number of methoxy groups -OCH3 is 1. The van der Waals surface area contributed by atoms with Crippen LogP contribution in [0.25, 0.3) is 0 Å². The minimum atomic E-state index is -1.01. The van der Waals surface area contributed by atoms with Gasteiger partial charge in [-0.15, -0.1) is 12.4 Å². The summed E-state index contributed by atoms with van der Waals surface area (Å²) < 4.78 is 10.5. The molecule has 0 saturated heterocycles. The van der Waals surface area contributed by atoms with Crippen LogP contribution in [0.3, 0.4) is 0 Å². The van der Waals surface area contributed by atoms with Gasteiger partial charge in [-0.2, -0.15) is 0 Å². The lowest BCUT2D eigenvalue weighted by Gasteiger charge is -2.24. The van der Waals surface area contributed by atoms with Gasteiger partial charge in [-0.05, 0) is 37.0 Å². The standard InChI is InChI=1S/C24H34N6O6.ClH/c1-15(31)28-20-14-16-8-10-17(11-9-16)36-13-4-3-6-19(23(34)35-2)30-21(32)18(29-22(20)33)7-5-12-27-24(25)26;/h3-4,8-11,18-20H,5-7,12-14H2,1-2H3,(H,28,31)(H,29,33)(H,30,32)(H4,25,26,27);1H/b4-3-;/t18-,19-,20+;/m0./s1. The van der Waals surface area contributed by atoms with Crippen molar-refractivity contribution in [3.63, 3.8) is 0 Å². The molecule has 3 atom stereocenters. The van der Waals surface area contributed by atoms with E-state index in [-0.39, 0.29) is 50.8 Å². The Balaban J connectivity index is 0.00000684. The van der Waals surface area contributed by atoms with Crippen LogP contribution < -0.4 is 32.2 Å². The molecule has 12 nitrogen and oxygen atoms in total.